The number of hydrogen-bond donors (Lipinski definition) is 1. The fourth-order valence-electron chi connectivity index (χ4n) is 2.76. The number of rotatable bonds is 2. The lowest BCUT2D eigenvalue weighted by molar-refractivity contribution is 0.0999. The molecule has 1 aliphatic heterocycles. The van der Waals surface area contributed by atoms with Gasteiger partial charge in [-0.15, -0.1) is 0 Å². The maximum absolute atomic E-state index is 12.8. The van der Waals surface area contributed by atoms with E-state index in [9.17, 15) is 18.3 Å². The zero-order valence-corrected chi connectivity index (χ0v) is 14.2. The molecular formula is C18H17NO4S. The number of fused-ring (bicyclic) bond motifs is 1. The van der Waals surface area contributed by atoms with E-state index in [4.69, 9.17) is 0 Å². The zero-order chi connectivity index (χ0) is 17.5. The van der Waals surface area contributed by atoms with Gasteiger partial charge < -0.3 is 5.11 Å². The van der Waals surface area contributed by atoms with Crippen molar-refractivity contribution in [2.45, 2.75) is 18.7 Å². The predicted molar refractivity (Wildman–Crippen MR) is 91.1 cm³/mol. The van der Waals surface area contributed by atoms with Crippen molar-refractivity contribution in [3.63, 3.8) is 0 Å². The summed E-state index contributed by atoms with van der Waals surface area (Å²) in [6.45, 7) is 3.58. The van der Waals surface area contributed by atoms with E-state index < -0.39 is 15.8 Å². The highest BCUT2D eigenvalue weighted by atomic mass is 32.2. The molecule has 5 nitrogen and oxygen atoms in total. The molecule has 0 saturated heterocycles. The highest BCUT2D eigenvalue weighted by Gasteiger charge is 2.40. The minimum atomic E-state index is -3.88. The molecule has 6 heteroatoms. The molecule has 0 saturated carbocycles. The van der Waals surface area contributed by atoms with Crippen molar-refractivity contribution in [1.82, 2.24) is 4.31 Å². The molecule has 0 atom stereocenters. The first-order valence-electron chi connectivity index (χ1n) is 7.54. The lowest BCUT2D eigenvalue weighted by Gasteiger charge is -2.30. The smallest absolute Gasteiger partial charge is 0.265 e. The first-order valence-corrected chi connectivity index (χ1v) is 8.98. The highest BCUT2D eigenvalue weighted by molar-refractivity contribution is 7.89. The summed E-state index contributed by atoms with van der Waals surface area (Å²) < 4.78 is 26.6. The molecule has 3 rings (SSSR count). The maximum atomic E-state index is 12.8. The van der Waals surface area contributed by atoms with E-state index in [1.54, 1.807) is 43.3 Å². The van der Waals surface area contributed by atoms with Gasteiger partial charge in [-0.25, -0.2) is 8.42 Å². The van der Waals surface area contributed by atoms with Gasteiger partial charge in [0, 0.05) is 17.7 Å². The van der Waals surface area contributed by atoms with Crippen molar-refractivity contribution >= 4 is 21.6 Å². The Bertz CT molecular complexity index is 943. The third-order valence-corrected chi connectivity index (χ3v) is 5.93. The van der Waals surface area contributed by atoms with Crippen LogP contribution in [0.25, 0.3) is 5.76 Å². The number of aliphatic hydroxyl groups excluding tert-OH is 1. The van der Waals surface area contributed by atoms with Crippen molar-refractivity contribution in [2.24, 2.45) is 0 Å². The van der Waals surface area contributed by atoms with Gasteiger partial charge >= 0.3 is 0 Å². The van der Waals surface area contributed by atoms with Gasteiger partial charge in [-0.2, -0.15) is 0 Å². The molecule has 0 fully saturated rings. The number of Topliss-reactive ketones (excluding diaryl/α,β-unsaturated/α-hetero) is 1. The van der Waals surface area contributed by atoms with Crippen molar-refractivity contribution in [3.05, 3.63) is 70.9 Å². The Kier molecular flexibility index (Phi) is 3.93. The van der Waals surface area contributed by atoms with Crippen LogP contribution in [0.2, 0.25) is 0 Å². The number of ketones is 1. The Morgan fingerprint density at radius 2 is 1.71 bits per heavy atom. The molecule has 1 N–H and O–H groups in total. The van der Waals surface area contributed by atoms with Crippen LogP contribution in [0.15, 0.2) is 59.1 Å². The summed E-state index contributed by atoms with van der Waals surface area (Å²) >= 11 is 0. The average molecular weight is 343 g/mol. The summed E-state index contributed by atoms with van der Waals surface area (Å²) in [5, 5.41) is 10.6. The van der Waals surface area contributed by atoms with Gasteiger partial charge in [0.1, 0.15) is 5.70 Å². The van der Waals surface area contributed by atoms with E-state index in [0.29, 0.717) is 5.56 Å². The quantitative estimate of drug-likeness (QED) is 0.671. The summed E-state index contributed by atoms with van der Waals surface area (Å²) in [5.74, 6) is -0.833. The topological polar surface area (TPSA) is 74.7 Å². The maximum Gasteiger partial charge on any atom is 0.265 e. The molecule has 1 aliphatic rings. The number of sulfonamides is 1. The number of nitrogens with zero attached hydrogens (tertiary/aromatic N) is 1. The summed E-state index contributed by atoms with van der Waals surface area (Å²) in [7, 11) is -3.88. The SMILES string of the molecule is CCN1C(=C(O)c2ccc(C)cc2)C(=O)c2ccccc2S1(=O)=O. The van der Waals surface area contributed by atoms with Gasteiger partial charge in [-0.3, -0.25) is 9.10 Å². The summed E-state index contributed by atoms with van der Waals surface area (Å²) in [4.78, 5) is 12.8. The molecule has 0 aromatic heterocycles. The summed E-state index contributed by atoms with van der Waals surface area (Å²) in [5.41, 5.74) is 1.27. The van der Waals surface area contributed by atoms with Gasteiger partial charge in [0.25, 0.3) is 10.0 Å². The van der Waals surface area contributed by atoms with E-state index in [2.05, 4.69) is 0 Å². The van der Waals surface area contributed by atoms with Gasteiger partial charge in [0.05, 0.1) is 4.90 Å². The standard InChI is InChI=1S/C18H17NO4S/c1-3-19-16(17(20)13-10-8-12(2)9-11-13)18(21)14-6-4-5-7-15(14)24(19,22)23/h4-11,20H,3H2,1-2H3. The highest BCUT2D eigenvalue weighted by Crippen LogP contribution is 2.35. The Morgan fingerprint density at radius 3 is 2.33 bits per heavy atom. The molecule has 0 bridgehead atoms. The first-order chi connectivity index (χ1) is 11.4. The van der Waals surface area contributed by atoms with Gasteiger partial charge in [0.2, 0.25) is 5.78 Å². The van der Waals surface area contributed by atoms with Crippen molar-refractivity contribution in [2.75, 3.05) is 6.54 Å². The summed E-state index contributed by atoms with van der Waals surface area (Å²) in [6.07, 6.45) is 0. The minimum Gasteiger partial charge on any atom is -0.505 e. The first kappa shape index (κ1) is 16.3. The molecule has 1 heterocycles. The normalized spacial score (nSPS) is 18.2. The Balaban J connectivity index is 2.29. The van der Waals surface area contributed by atoms with Crippen LogP contribution < -0.4 is 0 Å². The third kappa shape index (κ3) is 2.39. The number of hydrogen-bond acceptors (Lipinski definition) is 4. The Hall–Kier alpha value is -2.60. The number of allylic oxidation sites excluding steroid dienone is 1. The van der Waals surface area contributed by atoms with E-state index in [1.165, 1.54) is 12.1 Å². The number of benzene rings is 2. The molecule has 2 aromatic rings. The van der Waals surface area contributed by atoms with Crippen LogP contribution in [0, 0.1) is 6.92 Å². The number of carbonyl (C=O) groups excluding carboxylic acids is 1. The summed E-state index contributed by atoms with van der Waals surface area (Å²) in [6, 6.07) is 12.9. The van der Waals surface area contributed by atoms with Gasteiger partial charge in [0.15, 0.2) is 5.76 Å². The fraction of sp³-hybridized carbons (Fsp3) is 0.167. The second kappa shape index (κ2) is 5.79. The van der Waals surface area contributed by atoms with E-state index in [0.717, 1.165) is 9.87 Å². The lowest BCUT2D eigenvalue weighted by Crippen LogP contribution is -2.39. The van der Waals surface area contributed by atoms with Crippen molar-refractivity contribution < 1.29 is 18.3 Å². The molecule has 0 spiro atoms. The molecule has 2 aromatic carbocycles. The molecule has 24 heavy (non-hydrogen) atoms. The molecule has 0 amide bonds. The molecule has 0 aliphatic carbocycles. The monoisotopic (exact) mass is 343 g/mol. The predicted octanol–water partition coefficient (Wildman–Crippen LogP) is 3.13. The van der Waals surface area contributed by atoms with Crippen LogP contribution in [0.4, 0.5) is 0 Å². The van der Waals surface area contributed by atoms with Crippen LogP contribution in [-0.2, 0) is 10.0 Å². The largest absolute Gasteiger partial charge is 0.505 e. The van der Waals surface area contributed by atoms with Crippen LogP contribution >= 0.6 is 0 Å². The van der Waals surface area contributed by atoms with Crippen LogP contribution in [0.5, 0.6) is 0 Å². The van der Waals surface area contributed by atoms with Crippen molar-refractivity contribution in [1.29, 1.82) is 0 Å². The van der Waals surface area contributed by atoms with E-state index in [1.807, 2.05) is 6.92 Å². The number of aryl methyl sites for hydroxylation is 1. The molecule has 124 valence electrons. The molecule has 0 unspecified atom stereocenters. The number of aliphatic hydroxyl groups is 1. The molecular weight excluding hydrogens is 326 g/mol. The number of likely N-dealkylation sites (N-methyl/N-ethyl adjacent to an activating group) is 1. The minimum absolute atomic E-state index is 0.0303. The van der Waals surface area contributed by atoms with Gasteiger partial charge in [-0.1, -0.05) is 42.0 Å². The second-order valence-corrected chi connectivity index (χ2v) is 7.39. The number of carbonyl (C=O) groups is 1. The lowest BCUT2D eigenvalue weighted by atomic mass is 10.0. The fourth-order valence-corrected chi connectivity index (χ4v) is 4.44. The van der Waals surface area contributed by atoms with Crippen LogP contribution in [0.3, 0.4) is 0 Å². The second-order valence-electron chi connectivity index (χ2n) is 5.56. The van der Waals surface area contributed by atoms with Crippen LogP contribution in [0.1, 0.15) is 28.4 Å². The van der Waals surface area contributed by atoms with Gasteiger partial charge in [-0.05, 0) is 26.0 Å². The average Bonchev–Trinajstić information content (AvgIpc) is 2.58. The van der Waals surface area contributed by atoms with E-state index in [-0.39, 0.29) is 28.5 Å². The third-order valence-electron chi connectivity index (χ3n) is 4.00. The van der Waals surface area contributed by atoms with Crippen molar-refractivity contribution in [3.8, 4) is 0 Å². The Labute approximate surface area is 140 Å². The molecule has 0 radical (unpaired) electrons. The van der Waals surface area contributed by atoms with Crippen LogP contribution in [-0.4, -0.2) is 30.2 Å². The Morgan fingerprint density at radius 1 is 1.08 bits per heavy atom. The van der Waals surface area contributed by atoms with E-state index >= 15 is 0 Å². The zero-order valence-electron chi connectivity index (χ0n) is 13.4.